The highest BCUT2D eigenvalue weighted by Crippen LogP contribution is 2.20. The van der Waals surface area contributed by atoms with Crippen LogP contribution in [-0.2, 0) is 4.79 Å². The first kappa shape index (κ1) is 16.1. The number of thioether (sulfide) groups is 1. The van der Waals surface area contributed by atoms with E-state index in [-0.39, 0.29) is 5.91 Å². The minimum atomic E-state index is 0.108. The molecule has 0 aromatic heterocycles. The highest BCUT2D eigenvalue weighted by atomic mass is 32.2. The molecule has 0 fully saturated rings. The summed E-state index contributed by atoms with van der Waals surface area (Å²) in [5.41, 5.74) is 1.28. The zero-order valence-corrected chi connectivity index (χ0v) is 12.8. The molecule has 0 spiro atoms. The number of benzene rings is 1. The lowest BCUT2D eigenvalue weighted by molar-refractivity contribution is -0.118. The van der Waals surface area contributed by atoms with Crippen LogP contribution >= 0.6 is 11.8 Å². The summed E-state index contributed by atoms with van der Waals surface area (Å²) in [5.74, 6) is 0.596. The minimum Gasteiger partial charge on any atom is -0.355 e. The average molecular weight is 280 g/mol. The van der Waals surface area contributed by atoms with E-state index in [0.717, 1.165) is 24.4 Å². The number of nitrogens with one attached hydrogen (secondary N) is 2. The van der Waals surface area contributed by atoms with Crippen molar-refractivity contribution in [3.63, 3.8) is 0 Å². The number of hydrogen-bond acceptors (Lipinski definition) is 3. The van der Waals surface area contributed by atoms with Gasteiger partial charge in [-0.3, -0.25) is 4.79 Å². The Kier molecular flexibility index (Phi) is 7.60. The molecule has 4 heteroatoms. The maximum atomic E-state index is 11.5. The van der Waals surface area contributed by atoms with Gasteiger partial charge in [0.25, 0.3) is 0 Å². The number of hydrogen-bond donors (Lipinski definition) is 2. The molecule has 0 aliphatic rings. The fourth-order valence-corrected chi connectivity index (χ4v) is 2.47. The first-order valence-electron chi connectivity index (χ1n) is 6.90. The van der Waals surface area contributed by atoms with Gasteiger partial charge in [0.2, 0.25) is 5.91 Å². The van der Waals surface area contributed by atoms with Gasteiger partial charge in [-0.05, 0) is 37.6 Å². The summed E-state index contributed by atoms with van der Waals surface area (Å²) < 4.78 is 0. The number of carbonyl (C=O) groups is 1. The quantitative estimate of drug-likeness (QED) is 0.719. The van der Waals surface area contributed by atoms with Crippen LogP contribution in [0, 0.1) is 0 Å². The van der Waals surface area contributed by atoms with E-state index < -0.39 is 0 Å². The van der Waals surface area contributed by atoms with E-state index >= 15 is 0 Å². The molecule has 1 amide bonds. The van der Waals surface area contributed by atoms with Gasteiger partial charge < -0.3 is 10.6 Å². The Balaban J connectivity index is 2.41. The topological polar surface area (TPSA) is 41.1 Å². The van der Waals surface area contributed by atoms with Gasteiger partial charge >= 0.3 is 0 Å². The first-order chi connectivity index (χ1) is 9.17. The molecule has 0 saturated carbocycles. The lowest BCUT2D eigenvalue weighted by Gasteiger charge is -2.13. The van der Waals surface area contributed by atoms with E-state index in [1.165, 1.54) is 5.56 Å². The van der Waals surface area contributed by atoms with Gasteiger partial charge in [0.05, 0.1) is 5.75 Å². The number of rotatable bonds is 8. The van der Waals surface area contributed by atoms with Crippen LogP contribution in [-0.4, -0.2) is 24.7 Å². The Morgan fingerprint density at radius 2 is 1.95 bits per heavy atom. The van der Waals surface area contributed by atoms with Crippen LogP contribution in [0.2, 0.25) is 0 Å². The molecule has 1 aromatic carbocycles. The van der Waals surface area contributed by atoms with Crippen LogP contribution in [0.15, 0.2) is 29.2 Å². The molecule has 1 rings (SSSR count). The predicted molar refractivity (Wildman–Crippen MR) is 82.6 cm³/mol. The third-order valence-corrected chi connectivity index (χ3v) is 3.84. The SMILES string of the molecule is CCCNC(=O)CSc1ccc(C(C)NCC)cc1. The number of carbonyl (C=O) groups excluding carboxylic acids is 1. The van der Waals surface area contributed by atoms with Crippen molar-refractivity contribution in [3.8, 4) is 0 Å². The predicted octanol–water partition coefficient (Wildman–Crippen LogP) is 2.98. The van der Waals surface area contributed by atoms with Crippen molar-refractivity contribution in [1.82, 2.24) is 10.6 Å². The Bertz CT molecular complexity index is 378. The minimum absolute atomic E-state index is 0.108. The number of amides is 1. The van der Waals surface area contributed by atoms with Crippen molar-refractivity contribution in [3.05, 3.63) is 29.8 Å². The molecule has 0 bridgehead atoms. The summed E-state index contributed by atoms with van der Waals surface area (Å²) >= 11 is 1.58. The van der Waals surface area contributed by atoms with Crippen molar-refractivity contribution >= 4 is 17.7 Å². The monoisotopic (exact) mass is 280 g/mol. The van der Waals surface area contributed by atoms with Crippen molar-refractivity contribution in [2.45, 2.75) is 38.1 Å². The van der Waals surface area contributed by atoms with Gasteiger partial charge in [-0.2, -0.15) is 0 Å². The molecule has 3 nitrogen and oxygen atoms in total. The summed E-state index contributed by atoms with van der Waals surface area (Å²) in [4.78, 5) is 12.6. The van der Waals surface area contributed by atoms with E-state index in [4.69, 9.17) is 0 Å². The molecule has 0 heterocycles. The van der Waals surface area contributed by atoms with Gasteiger partial charge in [-0.1, -0.05) is 26.0 Å². The Morgan fingerprint density at radius 1 is 1.26 bits per heavy atom. The Hall–Kier alpha value is -1.00. The molecule has 1 aromatic rings. The van der Waals surface area contributed by atoms with Gasteiger partial charge in [0, 0.05) is 17.5 Å². The van der Waals surface area contributed by atoms with E-state index in [2.05, 4.69) is 55.7 Å². The molecule has 0 radical (unpaired) electrons. The van der Waals surface area contributed by atoms with E-state index in [9.17, 15) is 4.79 Å². The Morgan fingerprint density at radius 3 is 2.53 bits per heavy atom. The maximum Gasteiger partial charge on any atom is 0.230 e. The third kappa shape index (κ3) is 6.12. The molecule has 2 N–H and O–H groups in total. The molecule has 0 aliphatic heterocycles. The molecule has 0 saturated heterocycles. The van der Waals surface area contributed by atoms with Crippen molar-refractivity contribution < 1.29 is 4.79 Å². The van der Waals surface area contributed by atoms with Crippen LogP contribution < -0.4 is 10.6 Å². The molecular formula is C15H24N2OS. The lowest BCUT2D eigenvalue weighted by Crippen LogP contribution is -2.25. The lowest BCUT2D eigenvalue weighted by atomic mass is 10.1. The summed E-state index contributed by atoms with van der Waals surface area (Å²) in [6.07, 6.45) is 0.980. The molecule has 0 aliphatic carbocycles. The van der Waals surface area contributed by atoms with Crippen molar-refractivity contribution in [1.29, 1.82) is 0 Å². The largest absolute Gasteiger partial charge is 0.355 e. The second kappa shape index (κ2) is 8.99. The second-order valence-corrected chi connectivity index (χ2v) is 5.54. The molecule has 106 valence electrons. The zero-order chi connectivity index (χ0) is 14.1. The standard InChI is InChI=1S/C15H24N2OS/c1-4-10-17-15(18)11-19-14-8-6-13(7-9-14)12(3)16-5-2/h6-9,12,16H,4-5,10-11H2,1-3H3,(H,17,18). The molecule has 1 atom stereocenters. The van der Waals surface area contributed by atoms with Crippen LogP contribution in [0.1, 0.15) is 38.8 Å². The van der Waals surface area contributed by atoms with E-state index in [1.807, 2.05) is 0 Å². The van der Waals surface area contributed by atoms with Gasteiger partial charge in [0.15, 0.2) is 0 Å². The smallest absolute Gasteiger partial charge is 0.230 e. The first-order valence-corrected chi connectivity index (χ1v) is 7.88. The fraction of sp³-hybridized carbons (Fsp3) is 0.533. The molecule has 1 unspecified atom stereocenters. The van der Waals surface area contributed by atoms with Crippen molar-refractivity contribution in [2.24, 2.45) is 0 Å². The van der Waals surface area contributed by atoms with Gasteiger partial charge in [0.1, 0.15) is 0 Å². The van der Waals surface area contributed by atoms with Gasteiger partial charge in [-0.25, -0.2) is 0 Å². The molecule has 19 heavy (non-hydrogen) atoms. The normalized spacial score (nSPS) is 12.2. The van der Waals surface area contributed by atoms with Crippen LogP contribution in [0.4, 0.5) is 0 Å². The van der Waals surface area contributed by atoms with E-state index in [0.29, 0.717) is 11.8 Å². The third-order valence-electron chi connectivity index (χ3n) is 2.83. The van der Waals surface area contributed by atoms with Crippen molar-refractivity contribution in [2.75, 3.05) is 18.8 Å². The van der Waals surface area contributed by atoms with Crippen LogP contribution in [0.25, 0.3) is 0 Å². The summed E-state index contributed by atoms with van der Waals surface area (Å²) in [7, 11) is 0. The summed E-state index contributed by atoms with van der Waals surface area (Å²) in [6, 6.07) is 8.79. The second-order valence-electron chi connectivity index (χ2n) is 4.49. The fourth-order valence-electron chi connectivity index (χ4n) is 1.74. The highest BCUT2D eigenvalue weighted by Gasteiger charge is 2.05. The summed E-state index contributed by atoms with van der Waals surface area (Å²) in [5, 5.41) is 6.26. The van der Waals surface area contributed by atoms with Crippen LogP contribution in [0.3, 0.4) is 0 Å². The van der Waals surface area contributed by atoms with Gasteiger partial charge in [-0.15, -0.1) is 11.8 Å². The average Bonchev–Trinajstić information content (AvgIpc) is 2.43. The van der Waals surface area contributed by atoms with E-state index in [1.54, 1.807) is 11.8 Å². The zero-order valence-electron chi connectivity index (χ0n) is 12.0. The highest BCUT2D eigenvalue weighted by molar-refractivity contribution is 8.00. The summed E-state index contributed by atoms with van der Waals surface area (Å²) in [6.45, 7) is 8.05. The maximum absolute atomic E-state index is 11.5. The van der Waals surface area contributed by atoms with Crippen LogP contribution in [0.5, 0.6) is 0 Å². The Labute approximate surface area is 120 Å². The molecular weight excluding hydrogens is 256 g/mol.